The van der Waals surface area contributed by atoms with Crippen LogP contribution in [0.3, 0.4) is 0 Å². The molecule has 0 spiro atoms. The first-order chi connectivity index (χ1) is 13.7. The van der Waals surface area contributed by atoms with Crippen molar-refractivity contribution in [3.05, 3.63) is 40.8 Å². The summed E-state index contributed by atoms with van der Waals surface area (Å²) in [5, 5.41) is 4.90. The maximum absolute atomic E-state index is 13.0. The largest absolute Gasteiger partial charge is 0.485 e. The lowest BCUT2D eigenvalue weighted by atomic mass is 9.91. The zero-order valence-corrected chi connectivity index (χ0v) is 16.1. The molecular weight excluding hydrogens is 378 g/mol. The van der Waals surface area contributed by atoms with Gasteiger partial charge < -0.3 is 19.7 Å². The number of carbonyl (C=O) groups excluding carboxylic acids is 2. The molecule has 5 rings (SSSR count). The molecule has 2 amide bonds. The van der Waals surface area contributed by atoms with Crippen molar-refractivity contribution in [3.63, 3.8) is 0 Å². The number of carbonyl (C=O) groups is 2. The second-order valence-electron chi connectivity index (χ2n) is 7.58. The second-order valence-corrected chi connectivity index (χ2v) is 8.30. The molecule has 2 aromatic rings. The number of amides is 2. The van der Waals surface area contributed by atoms with E-state index in [0.717, 1.165) is 12.8 Å². The van der Waals surface area contributed by atoms with Gasteiger partial charge in [-0.3, -0.25) is 9.59 Å². The highest BCUT2D eigenvalue weighted by atomic mass is 32.1. The first kappa shape index (κ1) is 17.5. The Balaban J connectivity index is 1.24. The van der Waals surface area contributed by atoms with Crippen LogP contribution in [0.5, 0.6) is 11.5 Å². The van der Waals surface area contributed by atoms with Gasteiger partial charge in [-0.25, -0.2) is 4.98 Å². The van der Waals surface area contributed by atoms with Gasteiger partial charge in [0, 0.05) is 24.5 Å². The number of fused-ring (bicyclic) bond motifs is 3. The third-order valence-electron chi connectivity index (χ3n) is 5.89. The molecule has 1 aliphatic carbocycles. The number of piperidine rings is 1. The van der Waals surface area contributed by atoms with Gasteiger partial charge in [-0.15, -0.1) is 11.3 Å². The summed E-state index contributed by atoms with van der Waals surface area (Å²) in [7, 11) is 0. The predicted octanol–water partition coefficient (Wildman–Crippen LogP) is 1.95. The average Bonchev–Trinajstić information content (AvgIpc) is 3.33. The van der Waals surface area contributed by atoms with Gasteiger partial charge in [0.15, 0.2) is 11.5 Å². The Morgan fingerprint density at radius 1 is 1.14 bits per heavy atom. The quantitative estimate of drug-likeness (QED) is 0.853. The number of hydrogen-bond donors (Lipinski definition) is 1. The van der Waals surface area contributed by atoms with E-state index in [1.165, 1.54) is 11.3 Å². The minimum atomic E-state index is -0.615. The van der Waals surface area contributed by atoms with E-state index < -0.39 is 6.10 Å². The predicted molar refractivity (Wildman–Crippen MR) is 103 cm³/mol. The summed E-state index contributed by atoms with van der Waals surface area (Å²) in [5.74, 6) is 1.67. The van der Waals surface area contributed by atoms with Crippen LogP contribution in [0.2, 0.25) is 0 Å². The highest BCUT2D eigenvalue weighted by Crippen LogP contribution is 2.38. The monoisotopic (exact) mass is 399 g/mol. The van der Waals surface area contributed by atoms with Gasteiger partial charge in [0.05, 0.1) is 5.51 Å². The van der Waals surface area contributed by atoms with Crippen molar-refractivity contribution in [2.75, 3.05) is 19.7 Å². The lowest BCUT2D eigenvalue weighted by molar-refractivity contribution is -0.143. The number of aromatic nitrogens is 1. The van der Waals surface area contributed by atoms with E-state index in [1.807, 2.05) is 29.2 Å². The van der Waals surface area contributed by atoms with Crippen LogP contribution in [0.15, 0.2) is 35.2 Å². The SMILES string of the molecule is O=C(NC1C2CCC1CN(C(=O)C1COc3ccccc3O1)C2)c1cscn1. The van der Waals surface area contributed by atoms with E-state index in [9.17, 15) is 9.59 Å². The molecule has 8 heteroatoms. The summed E-state index contributed by atoms with van der Waals surface area (Å²) in [6.45, 7) is 1.50. The van der Waals surface area contributed by atoms with Crippen LogP contribution < -0.4 is 14.8 Å². The number of hydrogen-bond acceptors (Lipinski definition) is 6. The van der Waals surface area contributed by atoms with Crippen LogP contribution in [0.25, 0.3) is 0 Å². The van der Waals surface area contributed by atoms with E-state index >= 15 is 0 Å². The zero-order chi connectivity index (χ0) is 19.1. The topological polar surface area (TPSA) is 80.8 Å². The van der Waals surface area contributed by atoms with E-state index in [0.29, 0.717) is 30.3 Å². The average molecular weight is 399 g/mol. The Kier molecular flexibility index (Phi) is 4.43. The summed E-state index contributed by atoms with van der Waals surface area (Å²) >= 11 is 1.41. The van der Waals surface area contributed by atoms with Crippen LogP contribution in [0.4, 0.5) is 0 Å². The molecule has 1 aromatic heterocycles. The Hall–Kier alpha value is -2.61. The minimum absolute atomic E-state index is 0.0318. The summed E-state index contributed by atoms with van der Waals surface area (Å²) in [6, 6.07) is 7.51. The highest BCUT2D eigenvalue weighted by Gasteiger charge is 2.45. The highest BCUT2D eigenvalue weighted by molar-refractivity contribution is 7.07. The van der Waals surface area contributed by atoms with E-state index in [-0.39, 0.29) is 36.3 Å². The molecule has 1 saturated carbocycles. The number of nitrogens with one attached hydrogen (secondary N) is 1. The minimum Gasteiger partial charge on any atom is -0.485 e. The molecule has 3 atom stereocenters. The molecule has 2 aliphatic heterocycles. The maximum atomic E-state index is 13.0. The van der Waals surface area contributed by atoms with Crippen molar-refractivity contribution < 1.29 is 19.1 Å². The summed E-state index contributed by atoms with van der Waals surface area (Å²) in [5.41, 5.74) is 2.13. The van der Waals surface area contributed by atoms with Crippen LogP contribution >= 0.6 is 11.3 Å². The van der Waals surface area contributed by atoms with Crippen molar-refractivity contribution in [2.45, 2.75) is 25.0 Å². The van der Waals surface area contributed by atoms with Gasteiger partial charge in [0.2, 0.25) is 6.10 Å². The fourth-order valence-electron chi connectivity index (χ4n) is 4.53. The normalized spacial score (nSPS) is 28.1. The van der Waals surface area contributed by atoms with Crippen molar-refractivity contribution in [2.24, 2.45) is 11.8 Å². The Morgan fingerprint density at radius 2 is 1.89 bits per heavy atom. The number of likely N-dealkylation sites (tertiary alicyclic amines) is 1. The van der Waals surface area contributed by atoms with Gasteiger partial charge in [-0.1, -0.05) is 12.1 Å². The molecule has 3 heterocycles. The molecule has 2 fully saturated rings. The molecule has 28 heavy (non-hydrogen) atoms. The Labute approximate surface area is 166 Å². The van der Waals surface area contributed by atoms with Gasteiger partial charge in [0.25, 0.3) is 11.8 Å². The Bertz CT molecular complexity index is 873. The smallest absolute Gasteiger partial charge is 0.270 e. The third kappa shape index (κ3) is 3.11. The standard InChI is InChI=1S/C20H21N3O4S/c24-19(14-10-28-11-21-14)22-18-12-5-6-13(18)8-23(7-12)20(25)17-9-26-15-3-1-2-4-16(15)27-17/h1-4,10-13,17-18H,5-9H2,(H,22,24). The van der Waals surface area contributed by atoms with Crippen molar-refractivity contribution in [1.29, 1.82) is 0 Å². The number of nitrogens with zero attached hydrogens (tertiary/aromatic N) is 2. The van der Waals surface area contributed by atoms with Crippen LogP contribution in [-0.2, 0) is 4.79 Å². The molecule has 3 aliphatic rings. The summed E-state index contributed by atoms with van der Waals surface area (Å²) in [6.07, 6.45) is 1.42. The summed E-state index contributed by atoms with van der Waals surface area (Å²) in [4.78, 5) is 31.4. The molecular formula is C20H21N3O4S. The van der Waals surface area contributed by atoms with Crippen molar-refractivity contribution >= 4 is 23.2 Å². The lowest BCUT2D eigenvalue weighted by Crippen LogP contribution is -2.57. The van der Waals surface area contributed by atoms with Gasteiger partial charge in [0.1, 0.15) is 12.3 Å². The van der Waals surface area contributed by atoms with E-state index in [4.69, 9.17) is 9.47 Å². The Morgan fingerprint density at radius 3 is 2.61 bits per heavy atom. The van der Waals surface area contributed by atoms with Crippen LogP contribution in [0, 0.1) is 11.8 Å². The molecule has 2 bridgehead atoms. The van der Waals surface area contributed by atoms with Gasteiger partial charge in [-0.05, 0) is 36.8 Å². The lowest BCUT2D eigenvalue weighted by Gasteiger charge is -2.40. The number of benzene rings is 1. The summed E-state index contributed by atoms with van der Waals surface area (Å²) < 4.78 is 11.6. The molecule has 1 N–H and O–H groups in total. The first-order valence-electron chi connectivity index (χ1n) is 9.55. The van der Waals surface area contributed by atoms with Crippen LogP contribution in [-0.4, -0.2) is 53.5 Å². The fraction of sp³-hybridized carbons (Fsp3) is 0.450. The number of thiazole rings is 1. The van der Waals surface area contributed by atoms with Crippen molar-refractivity contribution in [1.82, 2.24) is 15.2 Å². The maximum Gasteiger partial charge on any atom is 0.270 e. The van der Waals surface area contributed by atoms with E-state index in [1.54, 1.807) is 10.9 Å². The molecule has 1 saturated heterocycles. The van der Waals surface area contributed by atoms with Crippen LogP contribution in [0.1, 0.15) is 23.3 Å². The number of ether oxygens (including phenoxy) is 2. The van der Waals surface area contributed by atoms with Gasteiger partial charge in [-0.2, -0.15) is 0 Å². The molecule has 0 radical (unpaired) electrons. The number of para-hydroxylation sites is 2. The molecule has 146 valence electrons. The first-order valence-corrected chi connectivity index (χ1v) is 10.5. The fourth-order valence-corrected chi connectivity index (χ4v) is 5.07. The number of rotatable bonds is 3. The third-order valence-corrected chi connectivity index (χ3v) is 6.48. The van der Waals surface area contributed by atoms with Crippen molar-refractivity contribution in [3.8, 4) is 11.5 Å². The second kappa shape index (κ2) is 7.09. The van der Waals surface area contributed by atoms with Gasteiger partial charge >= 0.3 is 0 Å². The van der Waals surface area contributed by atoms with E-state index in [2.05, 4.69) is 10.3 Å². The molecule has 1 aromatic carbocycles. The molecule has 7 nitrogen and oxygen atoms in total. The zero-order valence-electron chi connectivity index (χ0n) is 15.2. The molecule has 3 unspecified atom stereocenters.